The standard InChI is InChI=1S/C10H11ClO4S/c11-9-3-1-8(2-4-9)5-6-16(14,15)7-10(12)13/h1-4H,5-7H2,(H,12,13). The van der Waals surface area contributed by atoms with Gasteiger partial charge in [0, 0.05) is 5.02 Å². The number of hydrogen-bond donors (Lipinski definition) is 1. The summed E-state index contributed by atoms with van der Waals surface area (Å²) in [6.45, 7) is 0. The van der Waals surface area contributed by atoms with Gasteiger partial charge < -0.3 is 5.11 Å². The quantitative estimate of drug-likeness (QED) is 0.870. The summed E-state index contributed by atoms with van der Waals surface area (Å²) in [6, 6.07) is 6.78. The molecule has 0 fully saturated rings. The average molecular weight is 263 g/mol. The molecule has 1 N–H and O–H groups in total. The lowest BCUT2D eigenvalue weighted by atomic mass is 10.2. The van der Waals surface area contributed by atoms with Gasteiger partial charge in [-0.25, -0.2) is 8.42 Å². The zero-order valence-corrected chi connectivity index (χ0v) is 9.96. The first-order valence-corrected chi connectivity index (χ1v) is 6.76. The van der Waals surface area contributed by atoms with Crippen LogP contribution >= 0.6 is 11.6 Å². The molecule has 0 saturated carbocycles. The van der Waals surface area contributed by atoms with E-state index in [-0.39, 0.29) is 5.75 Å². The van der Waals surface area contributed by atoms with Crippen molar-refractivity contribution >= 4 is 27.4 Å². The lowest BCUT2D eigenvalue weighted by Crippen LogP contribution is -2.19. The molecule has 0 unspecified atom stereocenters. The molecular formula is C10H11ClO4S. The molecule has 0 saturated heterocycles. The highest BCUT2D eigenvalue weighted by Gasteiger charge is 2.15. The molecule has 0 bridgehead atoms. The summed E-state index contributed by atoms with van der Waals surface area (Å²) in [6.07, 6.45) is 0.298. The molecule has 1 rings (SSSR count). The van der Waals surface area contributed by atoms with Crippen LogP contribution in [0.4, 0.5) is 0 Å². The first-order chi connectivity index (χ1) is 7.39. The smallest absolute Gasteiger partial charge is 0.318 e. The summed E-state index contributed by atoms with van der Waals surface area (Å²) in [5.41, 5.74) is 0.818. The molecule has 0 heterocycles. The van der Waals surface area contributed by atoms with Crippen molar-refractivity contribution in [1.29, 1.82) is 0 Å². The van der Waals surface area contributed by atoms with E-state index in [0.717, 1.165) is 5.56 Å². The van der Waals surface area contributed by atoms with Crippen LogP contribution in [-0.2, 0) is 21.1 Å². The number of sulfone groups is 1. The fourth-order valence-corrected chi connectivity index (χ4v) is 2.38. The van der Waals surface area contributed by atoms with Gasteiger partial charge in [0.25, 0.3) is 0 Å². The zero-order chi connectivity index (χ0) is 12.2. The van der Waals surface area contributed by atoms with Gasteiger partial charge in [0.2, 0.25) is 0 Å². The molecular weight excluding hydrogens is 252 g/mol. The van der Waals surface area contributed by atoms with Crippen molar-refractivity contribution in [2.75, 3.05) is 11.5 Å². The number of rotatable bonds is 5. The SMILES string of the molecule is O=C(O)CS(=O)(=O)CCc1ccc(Cl)cc1. The highest BCUT2D eigenvalue weighted by atomic mass is 35.5. The second kappa shape index (κ2) is 5.32. The van der Waals surface area contributed by atoms with Crippen molar-refractivity contribution in [3.8, 4) is 0 Å². The number of aliphatic carboxylic acids is 1. The van der Waals surface area contributed by atoms with E-state index in [2.05, 4.69) is 0 Å². The predicted octanol–water partition coefficient (Wildman–Crippen LogP) is 1.38. The molecule has 0 atom stereocenters. The molecule has 6 heteroatoms. The van der Waals surface area contributed by atoms with E-state index >= 15 is 0 Å². The van der Waals surface area contributed by atoms with Gasteiger partial charge in [-0.15, -0.1) is 0 Å². The van der Waals surface area contributed by atoms with Crippen molar-refractivity contribution in [3.05, 3.63) is 34.9 Å². The van der Waals surface area contributed by atoms with Crippen LogP contribution in [-0.4, -0.2) is 31.0 Å². The van der Waals surface area contributed by atoms with Gasteiger partial charge in [0.15, 0.2) is 9.84 Å². The molecule has 88 valence electrons. The molecule has 0 aromatic heterocycles. The van der Waals surface area contributed by atoms with Crippen molar-refractivity contribution in [1.82, 2.24) is 0 Å². The van der Waals surface area contributed by atoms with E-state index in [1.807, 2.05) is 0 Å². The number of carboxylic acids is 1. The molecule has 0 aliphatic rings. The molecule has 0 aliphatic carbocycles. The third-order valence-electron chi connectivity index (χ3n) is 1.96. The van der Waals surface area contributed by atoms with E-state index in [1.165, 1.54) is 0 Å². The average Bonchev–Trinajstić information content (AvgIpc) is 2.15. The molecule has 0 aliphatic heterocycles. The van der Waals surface area contributed by atoms with E-state index < -0.39 is 21.6 Å². The largest absolute Gasteiger partial charge is 0.480 e. The van der Waals surface area contributed by atoms with Crippen molar-refractivity contribution in [2.24, 2.45) is 0 Å². The number of carbonyl (C=O) groups is 1. The van der Waals surface area contributed by atoms with Crippen LogP contribution in [0.2, 0.25) is 5.02 Å². The topological polar surface area (TPSA) is 71.4 Å². The van der Waals surface area contributed by atoms with Crippen molar-refractivity contribution in [2.45, 2.75) is 6.42 Å². The summed E-state index contributed by atoms with van der Waals surface area (Å²) >= 11 is 5.67. The first kappa shape index (κ1) is 13.0. The monoisotopic (exact) mass is 262 g/mol. The van der Waals surface area contributed by atoms with Gasteiger partial charge in [-0.2, -0.15) is 0 Å². The molecule has 1 aromatic carbocycles. The van der Waals surface area contributed by atoms with Crippen LogP contribution in [0.3, 0.4) is 0 Å². The Balaban J connectivity index is 2.58. The molecule has 16 heavy (non-hydrogen) atoms. The third kappa shape index (κ3) is 4.63. The lowest BCUT2D eigenvalue weighted by molar-refractivity contribution is -0.134. The van der Waals surface area contributed by atoms with Gasteiger partial charge in [-0.05, 0) is 24.1 Å². The summed E-state index contributed by atoms with van der Waals surface area (Å²) in [4.78, 5) is 10.3. The molecule has 4 nitrogen and oxygen atoms in total. The second-order valence-electron chi connectivity index (χ2n) is 3.36. The summed E-state index contributed by atoms with van der Waals surface area (Å²) in [7, 11) is -3.52. The normalized spacial score (nSPS) is 11.3. The Morgan fingerprint density at radius 1 is 1.25 bits per heavy atom. The van der Waals surface area contributed by atoms with Crippen molar-refractivity contribution in [3.63, 3.8) is 0 Å². The van der Waals surface area contributed by atoms with Crippen LogP contribution in [0.1, 0.15) is 5.56 Å². The fraction of sp³-hybridized carbons (Fsp3) is 0.300. The lowest BCUT2D eigenvalue weighted by Gasteiger charge is -2.02. The molecule has 1 aromatic rings. The van der Waals surface area contributed by atoms with Gasteiger partial charge in [-0.3, -0.25) is 4.79 Å². The Bertz CT molecular complexity index is 464. The predicted molar refractivity (Wildman–Crippen MR) is 61.4 cm³/mol. The number of carboxylic acid groups (broad SMARTS) is 1. The van der Waals surface area contributed by atoms with Gasteiger partial charge >= 0.3 is 5.97 Å². The zero-order valence-electron chi connectivity index (χ0n) is 8.39. The minimum Gasteiger partial charge on any atom is -0.480 e. The maximum absolute atomic E-state index is 11.3. The van der Waals surface area contributed by atoms with Gasteiger partial charge in [-0.1, -0.05) is 23.7 Å². The van der Waals surface area contributed by atoms with Gasteiger partial charge in [0.05, 0.1) is 5.75 Å². The number of hydrogen-bond acceptors (Lipinski definition) is 3. The summed E-state index contributed by atoms with van der Waals surface area (Å²) in [5, 5.41) is 8.97. The van der Waals surface area contributed by atoms with Crippen LogP contribution < -0.4 is 0 Å². The Morgan fingerprint density at radius 2 is 1.81 bits per heavy atom. The highest BCUT2D eigenvalue weighted by molar-refractivity contribution is 7.92. The first-order valence-electron chi connectivity index (χ1n) is 4.56. The van der Waals surface area contributed by atoms with Gasteiger partial charge in [0.1, 0.15) is 5.75 Å². The molecule has 0 spiro atoms. The maximum Gasteiger partial charge on any atom is 0.318 e. The fourth-order valence-electron chi connectivity index (χ4n) is 1.18. The minimum atomic E-state index is -3.52. The maximum atomic E-state index is 11.3. The third-order valence-corrected chi connectivity index (χ3v) is 3.72. The van der Waals surface area contributed by atoms with Crippen molar-refractivity contribution < 1.29 is 18.3 Å². The Morgan fingerprint density at radius 3 is 2.31 bits per heavy atom. The van der Waals surface area contributed by atoms with E-state index in [4.69, 9.17) is 16.7 Å². The Kier molecular flexibility index (Phi) is 4.32. The molecule has 0 amide bonds. The minimum absolute atomic E-state index is 0.166. The Hall–Kier alpha value is -1.07. The van der Waals surface area contributed by atoms with Crippen LogP contribution in [0.25, 0.3) is 0 Å². The van der Waals surface area contributed by atoms with E-state index in [0.29, 0.717) is 11.4 Å². The Labute approximate surface area is 98.8 Å². The molecule has 0 radical (unpaired) electrons. The number of benzene rings is 1. The van der Waals surface area contributed by atoms with Crippen LogP contribution in [0, 0.1) is 0 Å². The van der Waals surface area contributed by atoms with E-state index in [9.17, 15) is 13.2 Å². The number of aryl methyl sites for hydroxylation is 1. The summed E-state index contributed by atoms with van der Waals surface area (Å²) < 4.78 is 22.5. The van der Waals surface area contributed by atoms with E-state index in [1.54, 1.807) is 24.3 Å². The highest BCUT2D eigenvalue weighted by Crippen LogP contribution is 2.10. The van der Waals surface area contributed by atoms with Crippen LogP contribution in [0.15, 0.2) is 24.3 Å². The summed E-state index contributed by atoms with van der Waals surface area (Å²) in [5.74, 6) is -2.31. The van der Waals surface area contributed by atoms with Crippen LogP contribution in [0.5, 0.6) is 0 Å². The second-order valence-corrected chi connectivity index (χ2v) is 5.98. The number of halogens is 1.